The van der Waals surface area contributed by atoms with E-state index >= 15 is 0 Å². The third kappa shape index (κ3) is 3.21. The van der Waals surface area contributed by atoms with E-state index in [1.807, 2.05) is 24.3 Å². The number of hydrogen-bond acceptors (Lipinski definition) is 4. The molecule has 0 atom stereocenters. The second-order valence-corrected chi connectivity index (χ2v) is 5.24. The number of carbonyl (C=O) groups excluding carboxylic acids is 1. The second-order valence-electron chi connectivity index (χ2n) is 3.52. The SMILES string of the molecule is C=CCOc1ccc(C=C2SC(=S)NC2=O)cc1. The molecule has 3 nitrogen and oxygen atoms in total. The molecule has 0 radical (unpaired) electrons. The van der Waals surface area contributed by atoms with Crippen LogP contribution in [-0.4, -0.2) is 16.8 Å². The van der Waals surface area contributed by atoms with Gasteiger partial charge in [0.2, 0.25) is 0 Å². The van der Waals surface area contributed by atoms with Crippen molar-refractivity contribution in [2.75, 3.05) is 6.61 Å². The first-order valence-electron chi connectivity index (χ1n) is 5.27. The van der Waals surface area contributed by atoms with Crippen molar-refractivity contribution in [2.24, 2.45) is 0 Å². The van der Waals surface area contributed by atoms with E-state index in [2.05, 4.69) is 11.9 Å². The fourth-order valence-electron chi connectivity index (χ4n) is 1.39. The number of benzene rings is 1. The Hall–Kier alpha value is -1.59. The molecule has 1 aromatic rings. The summed E-state index contributed by atoms with van der Waals surface area (Å²) in [5.74, 6) is 0.632. The van der Waals surface area contributed by atoms with Crippen LogP contribution in [0, 0.1) is 0 Å². The van der Waals surface area contributed by atoms with Crippen LogP contribution in [-0.2, 0) is 4.79 Å². The van der Waals surface area contributed by atoms with Crippen molar-refractivity contribution in [2.45, 2.75) is 0 Å². The maximum atomic E-state index is 11.5. The van der Waals surface area contributed by atoms with Crippen LogP contribution in [0.1, 0.15) is 5.56 Å². The van der Waals surface area contributed by atoms with Gasteiger partial charge in [0.1, 0.15) is 16.7 Å². The highest BCUT2D eigenvalue weighted by molar-refractivity contribution is 8.26. The van der Waals surface area contributed by atoms with Crippen LogP contribution in [0.3, 0.4) is 0 Å². The fraction of sp³-hybridized carbons (Fsp3) is 0.0769. The summed E-state index contributed by atoms with van der Waals surface area (Å²) in [4.78, 5) is 12.1. The number of amides is 1. The molecule has 1 aromatic carbocycles. The average Bonchev–Trinajstić information content (AvgIpc) is 2.67. The van der Waals surface area contributed by atoms with Crippen LogP contribution in [0.4, 0.5) is 0 Å². The summed E-state index contributed by atoms with van der Waals surface area (Å²) >= 11 is 6.19. The largest absolute Gasteiger partial charge is 0.490 e. The number of hydrogen-bond donors (Lipinski definition) is 1. The van der Waals surface area contributed by atoms with Crippen molar-refractivity contribution in [3.8, 4) is 5.75 Å². The van der Waals surface area contributed by atoms with E-state index in [0.717, 1.165) is 11.3 Å². The zero-order valence-electron chi connectivity index (χ0n) is 9.51. The maximum Gasteiger partial charge on any atom is 0.263 e. The third-order valence-corrected chi connectivity index (χ3v) is 3.35. The van der Waals surface area contributed by atoms with E-state index < -0.39 is 0 Å². The lowest BCUT2D eigenvalue weighted by atomic mass is 10.2. The Kier molecular flexibility index (Phi) is 4.17. The predicted molar refractivity (Wildman–Crippen MR) is 78.4 cm³/mol. The molecule has 1 aliphatic rings. The molecule has 1 fully saturated rings. The van der Waals surface area contributed by atoms with Crippen molar-refractivity contribution in [1.29, 1.82) is 0 Å². The Balaban J connectivity index is 2.10. The number of carbonyl (C=O) groups is 1. The van der Waals surface area contributed by atoms with Crippen molar-refractivity contribution in [1.82, 2.24) is 5.32 Å². The van der Waals surface area contributed by atoms with Gasteiger partial charge in [-0.25, -0.2) is 0 Å². The van der Waals surface area contributed by atoms with Crippen molar-refractivity contribution in [3.63, 3.8) is 0 Å². The van der Waals surface area contributed by atoms with Crippen molar-refractivity contribution in [3.05, 3.63) is 47.4 Å². The van der Waals surface area contributed by atoms with Crippen molar-refractivity contribution < 1.29 is 9.53 Å². The Morgan fingerprint density at radius 1 is 1.39 bits per heavy atom. The van der Waals surface area contributed by atoms with E-state index in [-0.39, 0.29) is 5.91 Å². The number of thiocarbonyl (C=S) groups is 1. The summed E-state index contributed by atoms with van der Waals surface area (Å²) in [6.45, 7) is 4.06. The summed E-state index contributed by atoms with van der Waals surface area (Å²) in [7, 11) is 0. The Bertz CT molecular complexity index is 520. The van der Waals surface area contributed by atoms with Crippen LogP contribution >= 0.6 is 24.0 Å². The standard InChI is InChI=1S/C13H11NO2S2/c1-2-7-16-10-5-3-9(4-6-10)8-11-12(15)14-13(17)18-11/h2-6,8H,1,7H2,(H,14,15,17). The van der Waals surface area contributed by atoms with E-state index in [1.165, 1.54) is 11.8 Å². The van der Waals surface area contributed by atoms with Gasteiger partial charge in [-0.2, -0.15) is 0 Å². The van der Waals surface area contributed by atoms with Gasteiger partial charge in [0, 0.05) is 0 Å². The summed E-state index contributed by atoms with van der Waals surface area (Å²) in [6.07, 6.45) is 3.49. The highest BCUT2D eigenvalue weighted by Gasteiger charge is 2.21. The summed E-state index contributed by atoms with van der Waals surface area (Å²) in [5, 5.41) is 2.58. The molecule has 1 amide bonds. The number of rotatable bonds is 4. The first-order valence-corrected chi connectivity index (χ1v) is 6.50. The van der Waals surface area contributed by atoms with Gasteiger partial charge in [0.25, 0.3) is 5.91 Å². The van der Waals surface area contributed by atoms with Crippen molar-refractivity contribution >= 4 is 40.3 Å². The van der Waals surface area contributed by atoms with Gasteiger partial charge in [0.05, 0.1) is 4.91 Å². The molecule has 1 aliphatic heterocycles. The molecule has 0 aliphatic carbocycles. The number of nitrogens with one attached hydrogen (secondary N) is 1. The molecule has 5 heteroatoms. The van der Waals surface area contributed by atoms with Gasteiger partial charge in [0.15, 0.2) is 0 Å². The lowest BCUT2D eigenvalue weighted by Gasteiger charge is -2.02. The van der Waals surface area contributed by atoms with E-state index in [9.17, 15) is 4.79 Å². The van der Waals surface area contributed by atoms with Gasteiger partial charge in [-0.3, -0.25) is 4.79 Å². The van der Waals surface area contributed by atoms with Crippen LogP contribution in [0.25, 0.3) is 6.08 Å². The van der Waals surface area contributed by atoms with E-state index in [1.54, 1.807) is 12.2 Å². The second kappa shape index (κ2) is 5.84. The Labute approximate surface area is 115 Å². The first kappa shape index (κ1) is 12.9. The van der Waals surface area contributed by atoms with Gasteiger partial charge < -0.3 is 10.1 Å². The normalized spacial score (nSPS) is 16.8. The van der Waals surface area contributed by atoms with Gasteiger partial charge in [-0.05, 0) is 23.8 Å². The summed E-state index contributed by atoms with van der Waals surface area (Å²) in [6, 6.07) is 7.48. The molecule has 0 saturated carbocycles. The zero-order chi connectivity index (χ0) is 13.0. The molecule has 0 unspecified atom stereocenters. The minimum absolute atomic E-state index is 0.142. The monoisotopic (exact) mass is 277 g/mol. The Morgan fingerprint density at radius 3 is 2.67 bits per heavy atom. The molecular formula is C13H11NO2S2. The lowest BCUT2D eigenvalue weighted by Crippen LogP contribution is -2.17. The molecule has 1 saturated heterocycles. The highest BCUT2D eigenvalue weighted by atomic mass is 32.2. The molecule has 92 valence electrons. The molecule has 2 rings (SSSR count). The lowest BCUT2D eigenvalue weighted by molar-refractivity contribution is -0.115. The minimum atomic E-state index is -0.142. The van der Waals surface area contributed by atoms with Crippen LogP contribution in [0.2, 0.25) is 0 Å². The summed E-state index contributed by atoms with van der Waals surface area (Å²) in [5.41, 5.74) is 0.934. The molecule has 0 spiro atoms. The predicted octanol–water partition coefficient (Wildman–Crippen LogP) is 2.74. The van der Waals surface area contributed by atoms with Gasteiger partial charge in [-0.1, -0.05) is 48.8 Å². The van der Waals surface area contributed by atoms with Crippen LogP contribution < -0.4 is 10.1 Å². The molecule has 18 heavy (non-hydrogen) atoms. The summed E-state index contributed by atoms with van der Waals surface area (Å²) < 4.78 is 5.87. The maximum absolute atomic E-state index is 11.5. The number of ether oxygens (including phenoxy) is 1. The minimum Gasteiger partial charge on any atom is -0.490 e. The Morgan fingerprint density at radius 2 is 2.11 bits per heavy atom. The van der Waals surface area contributed by atoms with Crippen LogP contribution in [0.15, 0.2) is 41.8 Å². The van der Waals surface area contributed by atoms with E-state index in [4.69, 9.17) is 17.0 Å². The smallest absolute Gasteiger partial charge is 0.263 e. The van der Waals surface area contributed by atoms with Gasteiger partial charge >= 0.3 is 0 Å². The molecule has 1 heterocycles. The first-order chi connectivity index (χ1) is 8.69. The van der Waals surface area contributed by atoms with Gasteiger partial charge in [-0.15, -0.1) is 0 Å². The quantitative estimate of drug-likeness (QED) is 0.522. The molecule has 1 N–H and O–H groups in total. The average molecular weight is 277 g/mol. The van der Waals surface area contributed by atoms with E-state index in [0.29, 0.717) is 15.8 Å². The third-order valence-electron chi connectivity index (χ3n) is 2.19. The topological polar surface area (TPSA) is 38.3 Å². The molecular weight excluding hydrogens is 266 g/mol. The fourth-order valence-corrected chi connectivity index (χ4v) is 2.43. The zero-order valence-corrected chi connectivity index (χ0v) is 11.1. The highest BCUT2D eigenvalue weighted by Crippen LogP contribution is 2.26. The molecule has 0 aromatic heterocycles. The molecule has 0 bridgehead atoms. The van der Waals surface area contributed by atoms with Crippen LogP contribution in [0.5, 0.6) is 5.75 Å². The number of thioether (sulfide) groups is 1.